The first-order valence-corrected chi connectivity index (χ1v) is 6.71. The number of amides is 2. The highest BCUT2D eigenvalue weighted by atomic mass is 32.2. The zero-order valence-corrected chi connectivity index (χ0v) is 10.0. The van der Waals surface area contributed by atoms with Gasteiger partial charge >= 0.3 is 0 Å². The minimum absolute atomic E-state index is 0.114. The summed E-state index contributed by atoms with van der Waals surface area (Å²) in [7, 11) is 0. The number of nitrogens with one attached hydrogen (secondary N) is 1. The molecule has 1 fully saturated rings. The Morgan fingerprint density at radius 1 is 1.18 bits per heavy atom. The van der Waals surface area contributed by atoms with Crippen molar-refractivity contribution in [3.8, 4) is 0 Å². The molecule has 0 radical (unpaired) electrons. The van der Waals surface area contributed by atoms with Crippen LogP contribution < -0.4 is 10.2 Å². The van der Waals surface area contributed by atoms with E-state index in [1.165, 1.54) is 22.2 Å². The normalized spacial score (nSPS) is 19.2. The molecule has 88 valence electrons. The number of hydrogen-bond acceptors (Lipinski definition) is 4. The van der Waals surface area contributed by atoms with E-state index in [1.807, 2.05) is 18.2 Å². The van der Waals surface area contributed by atoms with Crippen molar-refractivity contribution in [3.63, 3.8) is 0 Å². The summed E-state index contributed by atoms with van der Waals surface area (Å²) in [6.07, 6.45) is 0.953. The van der Waals surface area contributed by atoms with Crippen molar-refractivity contribution in [1.82, 2.24) is 0 Å². The van der Waals surface area contributed by atoms with Gasteiger partial charge in [0.1, 0.15) is 0 Å². The Hall–Kier alpha value is -1.49. The van der Waals surface area contributed by atoms with E-state index in [0.29, 0.717) is 17.2 Å². The van der Waals surface area contributed by atoms with E-state index >= 15 is 0 Å². The maximum atomic E-state index is 11.8. The first kappa shape index (κ1) is 10.7. The van der Waals surface area contributed by atoms with Crippen LogP contribution in [0.3, 0.4) is 0 Å². The summed E-state index contributed by atoms with van der Waals surface area (Å²) in [5, 5.41) is 3.26. The van der Waals surface area contributed by atoms with Gasteiger partial charge in [0.05, 0.1) is 17.2 Å². The van der Waals surface area contributed by atoms with Crippen molar-refractivity contribution < 1.29 is 9.59 Å². The van der Waals surface area contributed by atoms with Crippen LogP contribution in [0.1, 0.15) is 5.56 Å². The highest BCUT2D eigenvalue weighted by Gasteiger charge is 2.28. The number of benzene rings is 1. The average Bonchev–Trinajstić information content (AvgIpc) is 2.76. The fraction of sp³-hybridized carbons (Fsp3) is 0.333. The van der Waals surface area contributed by atoms with Crippen molar-refractivity contribution in [2.45, 2.75) is 6.42 Å². The first-order chi connectivity index (χ1) is 8.25. The summed E-state index contributed by atoms with van der Waals surface area (Å²) in [4.78, 5) is 24.9. The summed E-state index contributed by atoms with van der Waals surface area (Å²) >= 11 is 1.38. The smallest absolute Gasteiger partial charge is 0.243 e. The summed E-state index contributed by atoms with van der Waals surface area (Å²) in [5.74, 6) is 0.552. The lowest BCUT2D eigenvalue weighted by molar-refractivity contribution is -0.124. The largest absolute Gasteiger partial charge is 0.384 e. The van der Waals surface area contributed by atoms with Crippen LogP contribution in [0.15, 0.2) is 18.2 Å². The fourth-order valence-corrected chi connectivity index (χ4v) is 2.92. The topological polar surface area (TPSA) is 49.4 Å². The van der Waals surface area contributed by atoms with Gasteiger partial charge < -0.3 is 5.32 Å². The molecule has 2 heterocycles. The molecular weight excluding hydrogens is 236 g/mol. The van der Waals surface area contributed by atoms with Crippen molar-refractivity contribution in [2.75, 3.05) is 28.3 Å². The number of fused-ring (bicyclic) bond motifs is 1. The zero-order chi connectivity index (χ0) is 11.8. The molecule has 0 saturated carbocycles. The van der Waals surface area contributed by atoms with Crippen molar-refractivity contribution >= 4 is 35.0 Å². The molecule has 1 aromatic carbocycles. The lowest BCUT2D eigenvalue weighted by Gasteiger charge is -2.24. The number of thioether (sulfide) groups is 1. The van der Waals surface area contributed by atoms with Crippen molar-refractivity contribution in [1.29, 1.82) is 0 Å². The third-order valence-corrected chi connectivity index (χ3v) is 3.91. The Labute approximate surface area is 103 Å². The summed E-state index contributed by atoms with van der Waals surface area (Å²) in [6.45, 7) is 0.927. The van der Waals surface area contributed by atoms with Gasteiger partial charge in [0, 0.05) is 12.2 Å². The lowest BCUT2D eigenvalue weighted by Crippen LogP contribution is -2.43. The van der Waals surface area contributed by atoms with Gasteiger partial charge in [-0.2, -0.15) is 0 Å². The Kier molecular flexibility index (Phi) is 2.55. The third kappa shape index (κ3) is 1.80. The molecule has 0 aliphatic carbocycles. The Balaban J connectivity index is 1.97. The molecule has 2 aliphatic heterocycles. The van der Waals surface area contributed by atoms with Gasteiger partial charge in [0.2, 0.25) is 11.8 Å². The molecule has 3 rings (SSSR count). The van der Waals surface area contributed by atoms with E-state index < -0.39 is 0 Å². The van der Waals surface area contributed by atoms with Gasteiger partial charge in [0.25, 0.3) is 0 Å². The van der Waals surface area contributed by atoms with Gasteiger partial charge in [-0.15, -0.1) is 11.8 Å². The molecule has 2 amide bonds. The minimum atomic E-state index is -0.114. The second kappa shape index (κ2) is 4.07. The van der Waals surface area contributed by atoms with Gasteiger partial charge in [-0.3, -0.25) is 9.59 Å². The monoisotopic (exact) mass is 248 g/mol. The molecule has 0 unspecified atom stereocenters. The number of carbonyl (C=O) groups excluding carboxylic acids is 2. The van der Waals surface area contributed by atoms with Crippen molar-refractivity contribution in [3.05, 3.63) is 23.8 Å². The molecule has 4 nitrogen and oxygen atoms in total. The molecule has 5 heteroatoms. The van der Waals surface area contributed by atoms with E-state index in [-0.39, 0.29) is 11.8 Å². The highest BCUT2D eigenvalue weighted by Crippen LogP contribution is 2.29. The molecule has 0 aromatic heterocycles. The number of nitrogens with zero attached hydrogens (tertiary/aromatic N) is 1. The van der Waals surface area contributed by atoms with E-state index in [2.05, 4.69) is 5.32 Å². The Bertz CT molecular complexity index is 485. The van der Waals surface area contributed by atoms with E-state index in [1.54, 1.807) is 0 Å². The van der Waals surface area contributed by atoms with E-state index in [9.17, 15) is 9.59 Å². The molecule has 1 N–H and O–H groups in total. The van der Waals surface area contributed by atoms with Crippen molar-refractivity contribution in [2.24, 2.45) is 0 Å². The number of imide groups is 1. The van der Waals surface area contributed by atoms with E-state index in [0.717, 1.165) is 18.7 Å². The van der Waals surface area contributed by atoms with Crippen LogP contribution in [-0.2, 0) is 16.0 Å². The second-order valence-electron chi connectivity index (χ2n) is 4.13. The van der Waals surface area contributed by atoms with Crippen LogP contribution in [0.4, 0.5) is 11.4 Å². The van der Waals surface area contributed by atoms with E-state index in [4.69, 9.17) is 0 Å². The quantitative estimate of drug-likeness (QED) is 0.760. The number of rotatable bonds is 1. The number of anilines is 2. The predicted octanol–water partition coefficient (Wildman–Crippen LogP) is 1.26. The molecular formula is C12H12N2O2S. The van der Waals surface area contributed by atoms with Crippen LogP contribution in [0, 0.1) is 0 Å². The van der Waals surface area contributed by atoms with Crippen LogP contribution in [0.5, 0.6) is 0 Å². The fourth-order valence-electron chi connectivity index (χ4n) is 2.21. The first-order valence-electron chi connectivity index (χ1n) is 5.56. The van der Waals surface area contributed by atoms with Crippen LogP contribution >= 0.6 is 11.8 Å². The van der Waals surface area contributed by atoms with Gasteiger partial charge in [-0.25, -0.2) is 4.90 Å². The number of carbonyl (C=O) groups is 2. The summed E-state index contributed by atoms with van der Waals surface area (Å²) in [6, 6.07) is 5.73. The highest BCUT2D eigenvalue weighted by molar-refractivity contribution is 8.00. The molecule has 0 atom stereocenters. The number of hydrogen-bond donors (Lipinski definition) is 1. The Morgan fingerprint density at radius 2 is 1.94 bits per heavy atom. The van der Waals surface area contributed by atoms with Crippen LogP contribution in [0.2, 0.25) is 0 Å². The average molecular weight is 248 g/mol. The zero-order valence-electron chi connectivity index (χ0n) is 9.23. The van der Waals surface area contributed by atoms with Gasteiger partial charge in [-0.05, 0) is 30.2 Å². The van der Waals surface area contributed by atoms with Crippen LogP contribution in [-0.4, -0.2) is 29.9 Å². The van der Waals surface area contributed by atoms with Crippen LogP contribution in [0.25, 0.3) is 0 Å². The van der Waals surface area contributed by atoms with Gasteiger partial charge in [-0.1, -0.05) is 0 Å². The molecule has 2 aliphatic rings. The molecule has 0 bridgehead atoms. The molecule has 1 aromatic rings. The second-order valence-corrected chi connectivity index (χ2v) is 5.12. The predicted molar refractivity (Wildman–Crippen MR) is 68.5 cm³/mol. The van der Waals surface area contributed by atoms with Gasteiger partial charge in [0.15, 0.2) is 0 Å². The maximum absolute atomic E-state index is 11.8. The minimum Gasteiger partial charge on any atom is -0.384 e. The molecule has 17 heavy (non-hydrogen) atoms. The maximum Gasteiger partial charge on any atom is 0.243 e. The molecule has 0 spiro atoms. The molecule has 1 saturated heterocycles. The Morgan fingerprint density at radius 3 is 2.71 bits per heavy atom. The lowest BCUT2D eigenvalue weighted by atomic mass is 10.1. The standard InChI is InChI=1S/C12H12N2O2S/c15-11-6-17-7-12(16)14(11)9-1-2-10-8(5-9)3-4-13-10/h1-2,5,13H,3-4,6-7H2. The summed E-state index contributed by atoms with van der Waals surface area (Å²) in [5.41, 5.74) is 3.00. The third-order valence-electron chi connectivity index (χ3n) is 3.01. The summed E-state index contributed by atoms with van der Waals surface area (Å²) < 4.78 is 0. The SMILES string of the molecule is O=C1CSCC(=O)N1c1ccc2c(c1)CCN2.